The Kier molecular flexibility index (Phi) is 6.96. The summed E-state index contributed by atoms with van der Waals surface area (Å²) in [6.07, 6.45) is 1.70. The fourth-order valence-electron chi connectivity index (χ4n) is 2.56. The lowest BCUT2D eigenvalue weighted by Gasteiger charge is -2.18. The van der Waals surface area contributed by atoms with Gasteiger partial charge in [0.2, 0.25) is 0 Å². The highest BCUT2D eigenvalue weighted by Crippen LogP contribution is 2.31. The Bertz CT molecular complexity index is 749. The zero-order valence-corrected chi connectivity index (χ0v) is 14.8. The van der Waals surface area contributed by atoms with Crippen LogP contribution in [0.1, 0.15) is 31.4 Å². The van der Waals surface area contributed by atoms with Gasteiger partial charge in [-0.1, -0.05) is 43.7 Å². The van der Waals surface area contributed by atoms with E-state index in [0.717, 1.165) is 18.4 Å². The van der Waals surface area contributed by atoms with Crippen molar-refractivity contribution in [2.24, 2.45) is 0 Å². The molecule has 0 bridgehead atoms. The van der Waals surface area contributed by atoms with Gasteiger partial charge in [0.05, 0.1) is 24.1 Å². The Labute approximate surface area is 152 Å². The zero-order valence-electron chi connectivity index (χ0n) is 14.8. The van der Waals surface area contributed by atoms with Gasteiger partial charge in [-0.15, -0.1) is 0 Å². The second kappa shape index (κ2) is 9.41. The van der Waals surface area contributed by atoms with Gasteiger partial charge < -0.3 is 14.8 Å². The summed E-state index contributed by atoms with van der Waals surface area (Å²) in [5, 5.41) is 14.1. The van der Waals surface area contributed by atoms with E-state index >= 15 is 0 Å². The first kappa shape index (κ1) is 19.2. The lowest BCUT2D eigenvalue weighted by molar-refractivity contribution is -0.385. The fourth-order valence-corrected chi connectivity index (χ4v) is 2.56. The van der Waals surface area contributed by atoms with Crippen LogP contribution in [0.3, 0.4) is 0 Å². The molecular weight excluding hydrogens is 336 g/mol. The first-order chi connectivity index (χ1) is 12.5. The van der Waals surface area contributed by atoms with Crippen LogP contribution in [0.5, 0.6) is 11.5 Å². The molecule has 0 aliphatic carbocycles. The largest absolute Gasteiger partial charge is 0.496 e. The molecule has 26 heavy (non-hydrogen) atoms. The molecule has 7 heteroatoms. The molecule has 2 rings (SSSR count). The lowest BCUT2D eigenvalue weighted by atomic mass is 10.0. The number of nitrogens with zero attached hydrogens (tertiary/aromatic N) is 1. The minimum absolute atomic E-state index is 0.0257. The number of hydrogen-bond donors (Lipinski definition) is 1. The Hall–Kier alpha value is -3.09. The third kappa shape index (κ3) is 5.20. The average molecular weight is 358 g/mol. The van der Waals surface area contributed by atoms with Crippen molar-refractivity contribution >= 4 is 11.6 Å². The van der Waals surface area contributed by atoms with Crippen LogP contribution in [0.15, 0.2) is 48.5 Å². The highest BCUT2D eigenvalue weighted by atomic mass is 16.6. The number of nitrogens with one attached hydrogen (secondary N) is 1. The molecule has 7 nitrogen and oxygen atoms in total. The molecule has 0 aliphatic heterocycles. The van der Waals surface area contributed by atoms with Crippen LogP contribution < -0.4 is 14.8 Å². The summed E-state index contributed by atoms with van der Waals surface area (Å²) in [6, 6.07) is 13.8. The molecule has 1 amide bonds. The number of carbonyl (C=O) groups excluding carboxylic acids is 1. The molecule has 0 fully saturated rings. The van der Waals surface area contributed by atoms with Gasteiger partial charge in [0.15, 0.2) is 12.4 Å². The van der Waals surface area contributed by atoms with Gasteiger partial charge in [-0.25, -0.2) is 0 Å². The fraction of sp³-hybridized carbons (Fsp3) is 0.316. The third-order valence-corrected chi connectivity index (χ3v) is 3.84. The Morgan fingerprint density at radius 1 is 1.23 bits per heavy atom. The van der Waals surface area contributed by atoms with Crippen LogP contribution in [0, 0.1) is 10.1 Å². The topological polar surface area (TPSA) is 90.7 Å². The molecular formula is C19H22N2O5. The van der Waals surface area contributed by atoms with Crippen molar-refractivity contribution < 1.29 is 19.2 Å². The zero-order chi connectivity index (χ0) is 18.9. The lowest BCUT2D eigenvalue weighted by Crippen LogP contribution is -2.32. The molecule has 0 radical (unpaired) electrons. The standard InChI is InChI=1S/C19H22N2O5/c1-3-7-16(14-8-5-4-6-9-14)20-19(22)13-26-18-11-10-15(25-2)12-17(18)21(23)24/h4-6,8-12,16H,3,7,13H2,1-2H3,(H,20,22)/t16-/m1/s1. The molecule has 2 aromatic carbocycles. The molecule has 0 aliphatic rings. The van der Waals surface area contributed by atoms with Crippen molar-refractivity contribution in [3.8, 4) is 11.5 Å². The van der Waals surface area contributed by atoms with Crippen molar-refractivity contribution in [2.45, 2.75) is 25.8 Å². The van der Waals surface area contributed by atoms with E-state index in [4.69, 9.17) is 9.47 Å². The maximum absolute atomic E-state index is 12.2. The molecule has 138 valence electrons. The molecule has 0 aromatic heterocycles. The SMILES string of the molecule is CCC[C@@H](NC(=O)COc1ccc(OC)cc1[N+](=O)[O-])c1ccccc1. The van der Waals surface area contributed by atoms with Crippen molar-refractivity contribution in [1.29, 1.82) is 0 Å². The quantitative estimate of drug-likeness (QED) is 0.546. The van der Waals surface area contributed by atoms with Crippen molar-refractivity contribution in [3.63, 3.8) is 0 Å². The summed E-state index contributed by atoms with van der Waals surface area (Å²) in [7, 11) is 1.42. The first-order valence-electron chi connectivity index (χ1n) is 8.34. The number of nitro benzene ring substituents is 1. The summed E-state index contributed by atoms with van der Waals surface area (Å²) < 4.78 is 10.3. The van der Waals surface area contributed by atoms with E-state index in [1.54, 1.807) is 6.07 Å². The number of methoxy groups -OCH3 is 1. The number of ether oxygens (including phenoxy) is 2. The Morgan fingerprint density at radius 3 is 2.58 bits per heavy atom. The van der Waals surface area contributed by atoms with E-state index < -0.39 is 4.92 Å². The summed E-state index contributed by atoms with van der Waals surface area (Å²) in [5.41, 5.74) is 0.767. The number of hydrogen-bond acceptors (Lipinski definition) is 5. The van der Waals surface area contributed by atoms with Gasteiger partial charge in [-0.3, -0.25) is 14.9 Å². The molecule has 1 N–H and O–H groups in total. The smallest absolute Gasteiger partial charge is 0.314 e. The van der Waals surface area contributed by atoms with Gasteiger partial charge >= 0.3 is 5.69 Å². The number of nitro groups is 1. The van der Waals surface area contributed by atoms with E-state index in [9.17, 15) is 14.9 Å². The summed E-state index contributed by atoms with van der Waals surface area (Å²) in [5.74, 6) is 0.0377. The molecule has 0 unspecified atom stereocenters. The average Bonchev–Trinajstić information content (AvgIpc) is 2.66. The number of amides is 1. The van der Waals surface area contributed by atoms with Crippen LogP contribution >= 0.6 is 0 Å². The molecule has 0 heterocycles. The van der Waals surface area contributed by atoms with Crippen LogP contribution in [-0.4, -0.2) is 24.5 Å². The molecule has 0 spiro atoms. The predicted octanol–water partition coefficient (Wildman–Crippen LogP) is 3.64. The van der Waals surface area contributed by atoms with E-state index in [2.05, 4.69) is 5.32 Å². The van der Waals surface area contributed by atoms with Gasteiger partial charge in [0, 0.05) is 0 Å². The number of benzene rings is 2. The predicted molar refractivity (Wildman–Crippen MR) is 97.4 cm³/mol. The first-order valence-corrected chi connectivity index (χ1v) is 8.34. The van der Waals surface area contributed by atoms with Crippen molar-refractivity contribution in [3.05, 3.63) is 64.2 Å². The normalized spacial score (nSPS) is 11.5. The van der Waals surface area contributed by atoms with Crippen LogP contribution in [-0.2, 0) is 4.79 Å². The summed E-state index contributed by atoms with van der Waals surface area (Å²) >= 11 is 0. The van der Waals surface area contributed by atoms with Gasteiger partial charge in [-0.2, -0.15) is 0 Å². The number of carbonyl (C=O) groups is 1. The van der Waals surface area contributed by atoms with E-state index in [1.807, 2.05) is 37.3 Å². The third-order valence-electron chi connectivity index (χ3n) is 3.84. The minimum atomic E-state index is -0.570. The molecule has 2 aromatic rings. The van der Waals surface area contributed by atoms with Crippen LogP contribution in [0.2, 0.25) is 0 Å². The monoisotopic (exact) mass is 358 g/mol. The maximum Gasteiger partial charge on any atom is 0.314 e. The van der Waals surface area contributed by atoms with Crippen molar-refractivity contribution in [1.82, 2.24) is 5.32 Å². The van der Waals surface area contributed by atoms with Gasteiger partial charge in [0.1, 0.15) is 5.75 Å². The van der Waals surface area contributed by atoms with E-state index in [-0.39, 0.29) is 30.0 Å². The highest BCUT2D eigenvalue weighted by molar-refractivity contribution is 5.78. The van der Waals surface area contributed by atoms with Crippen LogP contribution in [0.25, 0.3) is 0 Å². The molecule has 0 saturated heterocycles. The minimum Gasteiger partial charge on any atom is -0.496 e. The van der Waals surface area contributed by atoms with Gasteiger partial charge in [-0.05, 0) is 24.1 Å². The van der Waals surface area contributed by atoms with Crippen LogP contribution in [0.4, 0.5) is 5.69 Å². The Balaban J connectivity index is 2.02. The van der Waals surface area contributed by atoms with E-state index in [1.165, 1.54) is 19.2 Å². The summed E-state index contributed by atoms with van der Waals surface area (Å²) in [4.78, 5) is 22.8. The Morgan fingerprint density at radius 2 is 1.96 bits per heavy atom. The molecule has 0 saturated carbocycles. The summed E-state index contributed by atoms with van der Waals surface area (Å²) in [6.45, 7) is 1.74. The second-order valence-corrected chi connectivity index (χ2v) is 5.70. The van der Waals surface area contributed by atoms with Crippen molar-refractivity contribution in [2.75, 3.05) is 13.7 Å². The highest BCUT2D eigenvalue weighted by Gasteiger charge is 2.19. The second-order valence-electron chi connectivity index (χ2n) is 5.70. The maximum atomic E-state index is 12.2. The number of rotatable bonds is 9. The van der Waals surface area contributed by atoms with E-state index in [0.29, 0.717) is 5.75 Å². The molecule has 1 atom stereocenters. The van der Waals surface area contributed by atoms with Gasteiger partial charge in [0.25, 0.3) is 5.91 Å².